The number of amides is 1. The summed E-state index contributed by atoms with van der Waals surface area (Å²) < 4.78 is 13.2. The minimum absolute atomic E-state index is 0.0561. The highest BCUT2D eigenvalue weighted by molar-refractivity contribution is 5.68. The van der Waals surface area contributed by atoms with E-state index in [1.165, 1.54) is 0 Å². The van der Waals surface area contributed by atoms with E-state index in [2.05, 4.69) is 31.2 Å². The normalized spacial score (nSPS) is 26.1. The van der Waals surface area contributed by atoms with Crippen LogP contribution in [0.4, 0.5) is 10.6 Å². The lowest BCUT2D eigenvalue weighted by molar-refractivity contribution is 0.0844. The van der Waals surface area contributed by atoms with E-state index >= 15 is 0 Å². The fourth-order valence-electron chi connectivity index (χ4n) is 2.81. The van der Waals surface area contributed by atoms with E-state index in [0.29, 0.717) is 18.8 Å². The van der Waals surface area contributed by atoms with Crippen LogP contribution in [0, 0.1) is 0 Å². The summed E-state index contributed by atoms with van der Waals surface area (Å²) >= 11 is 0. The number of rotatable bonds is 3. The second kappa shape index (κ2) is 5.40. The Hall–Kier alpha value is -1.76. The van der Waals surface area contributed by atoms with Crippen LogP contribution >= 0.6 is 0 Å². The van der Waals surface area contributed by atoms with E-state index in [-0.39, 0.29) is 29.4 Å². The highest BCUT2D eigenvalue weighted by Gasteiger charge is 2.42. The number of nitrogen functional groups attached to an aromatic ring is 1. The van der Waals surface area contributed by atoms with Gasteiger partial charge in [-0.15, -0.1) is 0 Å². The zero-order valence-corrected chi connectivity index (χ0v) is 14.3. The van der Waals surface area contributed by atoms with E-state index in [9.17, 15) is 4.79 Å². The minimum Gasteiger partial charge on any atom is -0.443 e. The van der Waals surface area contributed by atoms with Gasteiger partial charge in [-0.25, -0.2) is 4.79 Å². The van der Waals surface area contributed by atoms with Crippen molar-refractivity contribution in [3.63, 3.8) is 0 Å². The van der Waals surface area contributed by atoms with E-state index in [0.717, 1.165) is 18.5 Å². The maximum absolute atomic E-state index is 11.9. The van der Waals surface area contributed by atoms with Crippen molar-refractivity contribution in [2.24, 2.45) is 0 Å². The number of hydrogen-bond donors (Lipinski definition) is 2. The van der Waals surface area contributed by atoms with Gasteiger partial charge >= 0.3 is 6.09 Å². The van der Waals surface area contributed by atoms with Crippen LogP contribution in [-0.4, -0.2) is 34.1 Å². The largest absolute Gasteiger partial charge is 0.443 e. The van der Waals surface area contributed by atoms with Gasteiger partial charge in [-0.3, -0.25) is 4.68 Å². The van der Waals surface area contributed by atoms with Crippen molar-refractivity contribution in [3.05, 3.63) is 11.8 Å². The van der Waals surface area contributed by atoms with Crippen LogP contribution in [0.3, 0.4) is 0 Å². The van der Waals surface area contributed by atoms with Crippen LogP contribution in [0.2, 0.25) is 0 Å². The molecule has 0 unspecified atom stereocenters. The molecule has 0 bridgehead atoms. The molecule has 0 radical (unpaired) electrons. The standard InChI is InChI=1S/C16H26N4O3/c1-15(2,3)20-11(8-13(17)19-20)12-7-10(9-22-12)18-14(21)23-16(4)5-6-16/h8,10,12H,5-7,9H2,1-4H3,(H2,17,19)(H,18,21)/t10-,12-/m1/s1. The number of nitrogens with zero attached hydrogens (tertiary/aromatic N) is 2. The summed E-state index contributed by atoms with van der Waals surface area (Å²) in [7, 11) is 0. The van der Waals surface area contributed by atoms with E-state index in [4.69, 9.17) is 15.2 Å². The van der Waals surface area contributed by atoms with Gasteiger partial charge in [0.05, 0.1) is 23.9 Å². The van der Waals surface area contributed by atoms with E-state index < -0.39 is 0 Å². The molecule has 1 aromatic rings. The second-order valence-corrected chi connectivity index (χ2v) is 7.82. The predicted octanol–water partition coefficient (Wildman–Crippen LogP) is 2.33. The maximum atomic E-state index is 11.9. The average molecular weight is 322 g/mol. The lowest BCUT2D eigenvalue weighted by atomic mass is 10.1. The van der Waals surface area contributed by atoms with Crippen LogP contribution in [0.1, 0.15) is 58.8 Å². The van der Waals surface area contributed by atoms with Gasteiger partial charge in [-0.05, 0) is 40.5 Å². The lowest BCUT2D eigenvalue weighted by Gasteiger charge is -2.24. The van der Waals surface area contributed by atoms with Crippen molar-refractivity contribution in [2.75, 3.05) is 12.3 Å². The quantitative estimate of drug-likeness (QED) is 0.891. The molecule has 2 aliphatic rings. The number of anilines is 1. The molecule has 0 aromatic carbocycles. The van der Waals surface area contributed by atoms with Crippen molar-refractivity contribution < 1.29 is 14.3 Å². The number of hydrogen-bond acceptors (Lipinski definition) is 5. The van der Waals surface area contributed by atoms with Gasteiger partial charge in [-0.2, -0.15) is 5.10 Å². The van der Waals surface area contributed by atoms with Crippen LogP contribution in [0.5, 0.6) is 0 Å². The smallest absolute Gasteiger partial charge is 0.407 e. The second-order valence-electron chi connectivity index (χ2n) is 7.82. The maximum Gasteiger partial charge on any atom is 0.407 e. The molecule has 1 saturated heterocycles. The van der Waals surface area contributed by atoms with Crippen molar-refractivity contribution in [1.29, 1.82) is 0 Å². The molecule has 1 amide bonds. The Kier molecular flexibility index (Phi) is 3.78. The topological polar surface area (TPSA) is 91.4 Å². The molecule has 1 aliphatic carbocycles. The number of nitrogens with one attached hydrogen (secondary N) is 1. The molecular weight excluding hydrogens is 296 g/mol. The summed E-state index contributed by atoms with van der Waals surface area (Å²) in [5.74, 6) is 0.482. The summed E-state index contributed by atoms with van der Waals surface area (Å²) in [5, 5.41) is 7.26. The Morgan fingerprint density at radius 2 is 2.22 bits per heavy atom. The van der Waals surface area contributed by atoms with Gasteiger partial charge in [-0.1, -0.05) is 0 Å². The van der Waals surface area contributed by atoms with Crippen molar-refractivity contribution in [2.45, 2.75) is 70.2 Å². The van der Waals surface area contributed by atoms with Gasteiger partial charge in [0.1, 0.15) is 17.5 Å². The van der Waals surface area contributed by atoms with E-state index in [1.807, 2.05) is 17.7 Å². The number of aromatic nitrogens is 2. The summed E-state index contributed by atoms with van der Waals surface area (Å²) in [6, 6.07) is 1.79. The van der Waals surface area contributed by atoms with Gasteiger partial charge < -0.3 is 20.5 Å². The van der Waals surface area contributed by atoms with Crippen LogP contribution < -0.4 is 11.1 Å². The molecule has 1 aromatic heterocycles. The van der Waals surface area contributed by atoms with Crippen molar-refractivity contribution in [1.82, 2.24) is 15.1 Å². The molecule has 128 valence electrons. The third-order valence-corrected chi connectivity index (χ3v) is 4.33. The van der Waals surface area contributed by atoms with Crippen LogP contribution in [0.25, 0.3) is 0 Å². The Morgan fingerprint density at radius 1 is 1.52 bits per heavy atom. The van der Waals surface area contributed by atoms with Crippen LogP contribution in [0.15, 0.2) is 6.07 Å². The Bertz CT molecular complexity index is 601. The SMILES string of the molecule is CC1(OC(=O)N[C@H]2CO[C@@H](c3cc(N)nn3C(C)(C)C)C2)CC1. The number of ether oxygens (including phenoxy) is 2. The molecule has 1 aliphatic heterocycles. The lowest BCUT2D eigenvalue weighted by Crippen LogP contribution is -2.37. The highest BCUT2D eigenvalue weighted by atomic mass is 16.6. The molecule has 3 rings (SSSR count). The minimum atomic E-state index is -0.358. The molecular formula is C16H26N4O3. The molecule has 2 heterocycles. The molecule has 1 saturated carbocycles. The molecule has 23 heavy (non-hydrogen) atoms. The summed E-state index contributed by atoms with van der Waals surface area (Å²) in [5.41, 5.74) is 6.36. The Morgan fingerprint density at radius 3 is 2.83 bits per heavy atom. The van der Waals surface area contributed by atoms with Gasteiger partial charge in [0.25, 0.3) is 0 Å². The highest BCUT2D eigenvalue weighted by Crippen LogP contribution is 2.39. The summed E-state index contributed by atoms with van der Waals surface area (Å²) in [4.78, 5) is 11.9. The summed E-state index contributed by atoms with van der Waals surface area (Å²) in [6.45, 7) is 8.63. The Balaban J connectivity index is 1.62. The first-order chi connectivity index (χ1) is 10.7. The van der Waals surface area contributed by atoms with Crippen LogP contribution in [-0.2, 0) is 15.0 Å². The molecule has 7 nitrogen and oxygen atoms in total. The molecule has 2 fully saturated rings. The zero-order valence-electron chi connectivity index (χ0n) is 14.3. The van der Waals surface area contributed by atoms with Gasteiger partial charge in [0.2, 0.25) is 0 Å². The fraction of sp³-hybridized carbons (Fsp3) is 0.750. The van der Waals surface area contributed by atoms with Gasteiger partial charge in [0.15, 0.2) is 0 Å². The summed E-state index contributed by atoms with van der Waals surface area (Å²) in [6.07, 6.45) is 2.08. The van der Waals surface area contributed by atoms with Gasteiger partial charge in [0, 0.05) is 12.5 Å². The number of carbonyl (C=O) groups excluding carboxylic acids is 1. The number of alkyl carbamates (subject to hydrolysis) is 1. The zero-order chi connectivity index (χ0) is 16.8. The number of nitrogens with two attached hydrogens (primary N) is 1. The third-order valence-electron chi connectivity index (χ3n) is 4.33. The first kappa shape index (κ1) is 16.1. The van der Waals surface area contributed by atoms with Crippen molar-refractivity contribution >= 4 is 11.9 Å². The monoisotopic (exact) mass is 322 g/mol. The predicted molar refractivity (Wildman–Crippen MR) is 86.0 cm³/mol. The Labute approximate surface area is 136 Å². The molecule has 2 atom stereocenters. The fourth-order valence-corrected chi connectivity index (χ4v) is 2.81. The first-order valence-electron chi connectivity index (χ1n) is 8.13. The molecule has 3 N–H and O–H groups in total. The molecule has 7 heteroatoms. The number of carbonyl (C=O) groups is 1. The van der Waals surface area contributed by atoms with Crippen molar-refractivity contribution in [3.8, 4) is 0 Å². The first-order valence-corrected chi connectivity index (χ1v) is 8.13. The van der Waals surface area contributed by atoms with E-state index in [1.54, 1.807) is 0 Å². The third kappa shape index (κ3) is 3.60. The average Bonchev–Trinajstić information content (AvgIpc) is 2.86. The molecule has 0 spiro atoms.